The van der Waals surface area contributed by atoms with E-state index in [1.54, 1.807) is 0 Å². The first-order valence-corrected chi connectivity index (χ1v) is 10.0. The number of nitrogens with one attached hydrogen (secondary N) is 2. The molecule has 6 nitrogen and oxygen atoms in total. The zero-order chi connectivity index (χ0) is 19.1. The number of likely N-dealkylation sites (tertiary alicyclic amines) is 1. The van der Waals surface area contributed by atoms with Crippen molar-refractivity contribution < 1.29 is 14.4 Å². The monoisotopic (exact) mass is 377 g/mol. The lowest BCUT2D eigenvalue weighted by Crippen LogP contribution is -2.44. The molecule has 2 saturated heterocycles. The van der Waals surface area contributed by atoms with Gasteiger partial charge in [0.25, 0.3) is 5.91 Å². The van der Waals surface area contributed by atoms with Gasteiger partial charge in [-0.2, -0.15) is 0 Å². The number of carbonyl (C=O) groups is 3. The van der Waals surface area contributed by atoms with Crippen molar-refractivity contribution >= 4 is 34.1 Å². The van der Waals surface area contributed by atoms with Crippen LogP contribution in [0.15, 0.2) is 0 Å². The lowest BCUT2D eigenvalue weighted by molar-refractivity contribution is -0.120. The average Bonchev–Trinajstić information content (AvgIpc) is 3.08. The molecule has 2 N–H and O–H groups in total. The van der Waals surface area contributed by atoms with Crippen molar-refractivity contribution in [1.82, 2.24) is 10.2 Å². The van der Waals surface area contributed by atoms with Crippen molar-refractivity contribution in [1.29, 1.82) is 0 Å². The molecule has 7 heteroatoms. The summed E-state index contributed by atoms with van der Waals surface area (Å²) in [5.41, 5.74) is 1.58. The molecule has 1 aromatic rings. The van der Waals surface area contributed by atoms with Gasteiger partial charge in [-0.05, 0) is 37.7 Å². The molecule has 2 aliphatic heterocycles. The van der Waals surface area contributed by atoms with Gasteiger partial charge in [0.1, 0.15) is 5.00 Å². The van der Waals surface area contributed by atoms with Gasteiger partial charge < -0.3 is 15.5 Å². The third-order valence-electron chi connectivity index (χ3n) is 5.67. The SMILES string of the molecule is Cc1sc(NC(=O)C(C)C)c(C(=O)N2CCC3(CC2)CNC(=O)C3)c1C. The van der Waals surface area contributed by atoms with E-state index in [-0.39, 0.29) is 29.1 Å². The van der Waals surface area contributed by atoms with Gasteiger partial charge >= 0.3 is 0 Å². The van der Waals surface area contributed by atoms with E-state index < -0.39 is 0 Å². The molecule has 0 bridgehead atoms. The molecule has 0 unspecified atom stereocenters. The Morgan fingerprint density at radius 2 is 1.88 bits per heavy atom. The highest BCUT2D eigenvalue weighted by Crippen LogP contribution is 2.39. The summed E-state index contributed by atoms with van der Waals surface area (Å²) in [4.78, 5) is 39.8. The molecule has 26 heavy (non-hydrogen) atoms. The highest BCUT2D eigenvalue weighted by molar-refractivity contribution is 7.16. The summed E-state index contributed by atoms with van der Waals surface area (Å²) in [6.45, 7) is 9.62. The number of hydrogen-bond acceptors (Lipinski definition) is 4. The molecular weight excluding hydrogens is 350 g/mol. The van der Waals surface area contributed by atoms with E-state index in [0.29, 0.717) is 30.1 Å². The van der Waals surface area contributed by atoms with Gasteiger partial charge in [0.2, 0.25) is 11.8 Å². The van der Waals surface area contributed by atoms with Crippen molar-refractivity contribution in [3.05, 3.63) is 16.0 Å². The third kappa shape index (κ3) is 3.49. The Hall–Kier alpha value is -1.89. The van der Waals surface area contributed by atoms with Crippen LogP contribution in [-0.2, 0) is 9.59 Å². The lowest BCUT2D eigenvalue weighted by atomic mass is 9.77. The average molecular weight is 378 g/mol. The number of anilines is 1. The number of nitrogens with zero attached hydrogens (tertiary/aromatic N) is 1. The van der Waals surface area contributed by atoms with E-state index >= 15 is 0 Å². The quantitative estimate of drug-likeness (QED) is 0.850. The summed E-state index contributed by atoms with van der Waals surface area (Å²) in [7, 11) is 0. The van der Waals surface area contributed by atoms with Crippen LogP contribution in [0.3, 0.4) is 0 Å². The molecule has 3 heterocycles. The molecule has 0 aromatic carbocycles. The van der Waals surface area contributed by atoms with Crippen molar-refractivity contribution in [3.8, 4) is 0 Å². The van der Waals surface area contributed by atoms with Crippen LogP contribution < -0.4 is 10.6 Å². The Bertz CT molecular complexity index is 745. The largest absolute Gasteiger partial charge is 0.356 e. The van der Waals surface area contributed by atoms with Gasteiger partial charge in [-0.25, -0.2) is 0 Å². The smallest absolute Gasteiger partial charge is 0.257 e. The summed E-state index contributed by atoms with van der Waals surface area (Å²) in [6.07, 6.45) is 2.25. The van der Waals surface area contributed by atoms with Gasteiger partial charge in [-0.3, -0.25) is 14.4 Å². The zero-order valence-electron chi connectivity index (χ0n) is 15.9. The van der Waals surface area contributed by atoms with Crippen molar-refractivity contribution in [2.24, 2.45) is 11.3 Å². The van der Waals surface area contributed by atoms with E-state index in [9.17, 15) is 14.4 Å². The summed E-state index contributed by atoms with van der Waals surface area (Å²) in [5, 5.41) is 6.50. The molecule has 142 valence electrons. The number of aryl methyl sites for hydroxylation is 1. The summed E-state index contributed by atoms with van der Waals surface area (Å²) < 4.78 is 0. The van der Waals surface area contributed by atoms with Crippen LogP contribution in [0, 0.1) is 25.2 Å². The first-order chi connectivity index (χ1) is 12.2. The highest BCUT2D eigenvalue weighted by atomic mass is 32.1. The van der Waals surface area contributed by atoms with Crippen LogP contribution in [0.1, 0.15) is 53.9 Å². The van der Waals surface area contributed by atoms with Crippen molar-refractivity contribution in [2.45, 2.75) is 47.0 Å². The van der Waals surface area contributed by atoms with Crippen LogP contribution in [0.25, 0.3) is 0 Å². The second-order valence-electron chi connectivity index (χ2n) is 7.88. The molecule has 1 spiro atoms. The van der Waals surface area contributed by atoms with Crippen molar-refractivity contribution in [3.63, 3.8) is 0 Å². The predicted octanol–water partition coefficient (Wildman–Crippen LogP) is 2.70. The molecular formula is C19H27N3O3S. The zero-order valence-corrected chi connectivity index (χ0v) is 16.7. The lowest BCUT2D eigenvalue weighted by Gasteiger charge is -2.38. The van der Waals surface area contributed by atoms with Gasteiger partial charge in [-0.15, -0.1) is 11.3 Å². The molecule has 2 aliphatic rings. The fraction of sp³-hybridized carbons (Fsp3) is 0.632. The Kier molecular flexibility index (Phi) is 5.10. The molecule has 0 atom stereocenters. The van der Waals surface area contributed by atoms with Crippen LogP contribution in [0.4, 0.5) is 5.00 Å². The Morgan fingerprint density at radius 1 is 1.23 bits per heavy atom. The van der Waals surface area contributed by atoms with Crippen LogP contribution >= 0.6 is 11.3 Å². The van der Waals surface area contributed by atoms with E-state index in [1.807, 2.05) is 32.6 Å². The summed E-state index contributed by atoms with van der Waals surface area (Å²) in [5.74, 6) is -0.109. The van der Waals surface area contributed by atoms with Crippen LogP contribution in [0.5, 0.6) is 0 Å². The second-order valence-corrected chi connectivity index (χ2v) is 9.10. The number of hydrogen-bond donors (Lipinski definition) is 2. The first-order valence-electron chi connectivity index (χ1n) is 9.19. The summed E-state index contributed by atoms with van der Waals surface area (Å²) >= 11 is 1.46. The topological polar surface area (TPSA) is 78.5 Å². The minimum absolute atomic E-state index is 0.0157. The minimum atomic E-state index is -0.136. The molecule has 2 fully saturated rings. The van der Waals surface area contributed by atoms with E-state index in [2.05, 4.69) is 10.6 Å². The van der Waals surface area contributed by atoms with Gasteiger partial charge in [-0.1, -0.05) is 13.8 Å². The number of amides is 3. The van der Waals surface area contributed by atoms with E-state index in [0.717, 1.165) is 29.8 Å². The Balaban J connectivity index is 1.76. The van der Waals surface area contributed by atoms with Gasteiger partial charge in [0.05, 0.1) is 5.56 Å². The molecule has 0 saturated carbocycles. The molecule has 0 radical (unpaired) electrons. The van der Waals surface area contributed by atoms with Crippen LogP contribution in [-0.4, -0.2) is 42.3 Å². The maximum atomic E-state index is 13.2. The predicted molar refractivity (Wildman–Crippen MR) is 102 cm³/mol. The molecule has 1 aromatic heterocycles. The normalized spacial score (nSPS) is 19.1. The maximum absolute atomic E-state index is 13.2. The molecule has 0 aliphatic carbocycles. The van der Waals surface area contributed by atoms with E-state index in [4.69, 9.17) is 0 Å². The maximum Gasteiger partial charge on any atom is 0.257 e. The summed E-state index contributed by atoms with van der Waals surface area (Å²) in [6, 6.07) is 0. The number of thiophene rings is 1. The van der Waals surface area contributed by atoms with Crippen molar-refractivity contribution in [2.75, 3.05) is 25.0 Å². The Labute approximate surface area is 158 Å². The Morgan fingerprint density at radius 3 is 2.42 bits per heavy atom. The standard InChI is InChI=1S/C19H27N3O3S/c1-11(2)16(24)21-17-15(12(3)13(4)26-17)18(25)22-7-5-19(6-8-22)9-14(23)20-10-19/h11H,5-10H2,1-4H3,(H,20,23)(H,21,24). The van der Waals surface area contributed by atoms with Gasteiger partial charge in [0, 0.05) is 36.9 Å². The van der Waals surface area contributed by atoms with Gasteiger partial charge in [0.15, 0.2) is 0 Å². The van der Waals surface area contributed by atoms with E-state index in [1.165, 1.54) is 11.3 Å². The van der Waals surface area contributed by atoms with Crippen LogP contribution in [0.2, 0.25) is 0 Å². The number of piperidine rings is 1. The minimum Gasteiger partial charge on any atom is -0.356 e. The number of carbonyl (C=O) groups excluding carboxylic acids is 3. The fourth-order valence-corrected chi connectivity index (χ4v) is 4.73. The third-order valence-corrected chi connectivity index (χ3v) is 6.79. The highest BCUT2D eigenvalue weighted by Gasteiger charge is 2.42. The molecule has 3 rings (SSSR count). The second kappa shape index (κ2) is 7.02. The molecule has 3 amide bonds. The number of rotatable bonds is 3. The fourth-order valence-electron chi connectivity index (χ4n) is 3.68. The first kappa shape index (κ1) is 18.9.